The van der Waals surface area contributed by atoms with Crippen LogP contribution in [0, 0.1) is 35.5 Å². The van der Waals surface area contributed by atoms with Crippen LogP contribution < -0.4 is 4.90 Å². The number of nitrogens with zero attached hydrogens (tertiary/aromatic N) is 4. The van der Waals surface area contributed by atoms with Crippen LogP contribution in [0.15, 0.2) is 24.3 Å². The van der Waals surface area contributed by atoms with Crippen LogP contribution >= 0.6 is 23.9 Å². The maximum absolute atomic E-state index is 13.3. The van der Waals surface area contributed by atoms with Gasteiger partial charge in [-0.1, -0.05) is 25.0 Å². The number of imide groups is 1. The van der Waals surface area contributed by atoms with Crippen molar-refractivity contribution in [3.05, 3.63) is 24.3 Å². The van der Waals surface area contributed by atoms with Crippen molar-refractivity contribution in [3.8, 4) is 0 Å². The van der Waals surface area contributed by atoms with E-state index in [1.54, 1.807) is 16.4 Å². The van der Waals surface area contributed by atoms with Crippen LogP contribution in [-0.2, 0) is 9.59 Å². The highest BCUT2D eigenvalue weighted by molar-refractivity contribution is 7.13. The molecule has 5 aliphatic rings. The normalized spacial score (nSPS) is 34.4. The highest BCUT2D eigenvalue weighted by Crippen LogP contribution is 2.56. The molecule has 5 fully saturated rings. The van der Waals surface area contributed by atoms with E-state index in [0.717, 1.165) is 64.2 Å². The molecule has 2 amide bonds. The molecule has 2 bridgehead atoms. The van der Waals surface area contributed by atoms with E-state index in [0.29, 0.717) is 30.2 Å². The number of hydrogen-bond acceptors (Lipinski definition) is 6. The van der Waals surface area contributed by atoms with E-state index >= 15 is 0 Å². The molecule has 0 spiro atoms. The summed E-state index contributed by atoms with van der Waals surface area (Å²) in [6, 6.07) is 8.54. The molecule has 0 radical (unpaired) electrons. The van der Waals surface area contributed by atoms with Gasteiger partial charge in [-0.05, 0) is 79.4 Å². The van der Waals surface area contributed by atoms with Gasteiger partial charge in [-0.3, -0.25) is 19.4 Å². The lowest BCUT2D eigenvalue weighted by atomic mass is 9.78. The van der Waals surface area contributed by atoms with Crippen molar-refractivity contribution in [1.82, 2.24) is 14.2 Å². The van der Waals surface area contributed by atoms with Crippen LogP contribution in [-0.4, -0.2) is 65.3 Å². The Morgan fingerprint density at radius 2 is 1.47 bits per heavy atom. The highest BCUT2D eigenvalue weighted by atomic mass is 35.5. The molecule has 3 aliphatic carbocycles. The van der Waals surface area contributed by atoms with Crippen molar-refractivity contribution in [3.63, 3.8) is 0 Å². The van der Waals surface area contributed by atoms with Crippen molar-refractivity contribution in [2.24, 2.45) is 35.5 Å². The number of fused-ring (bicyclic) bond motifs is 6. The number of rotatable bonds is 5. The molecule has 8 heteroatoms. The number of anilines is 1. The van der Waals surface area contributed by atoms with Crippen LogP contribution in [0.5, 0.6) is 0 Å². The lowest BCUT2D eigenvalue weighted by Gasteiger charge is -2.40. The van der Waals surface area contributed by atoms with Crippen molar-refractivity contribution in [1.29, 1.82) is 0 Å². The number of hydrogen-bond donors (Lipinski definition) is 0. The van der Waals surface area contributed by atoms with E-state index in [1.807, 2.05) is 0 Å². The fraction of sp³-hybridized carbons (Fsp3) is 0.679. The average Bonchev–Trinajstić information content (AvgIpc) is 3.66. The van der Waals surface area contributed by atoms with E-state index < -0.39 is 0 Å². The Morgan fingerprint density at radius 3 is 2.17 bits per heavy atom. The molecule has 0 unspecified atom stereocenters. The molecule has 2 saturated heterocycles. The second-order valence-electron chi connectivity index (χ2n) is 11.8. The van der Waals surface area contributed by atoms with Gasteiger partial charge in [0.2, 0.25) is 11.8 Å². The molecular weight excluding hydrogens is 492 g/mol. The Balaban J connectivity index is 0.00000240. The molecule has 1 aromatic carbocycles. The number of carbonyl (C=O) groups is 2. The standard InChI is InChI=1S/C28H36N4O2S.ClH/c33-27-24-18-9-10-19(15-18)25(24)28(34)32(27)17-21-6-2-1-5-20(21)16-30-11-13-31(14-12-30)26-22-7-3-4-8-23(22)35-29-26;/h3-4,7-8,18-21,24-25H,1-2,5-6,9-17H2;1H/t18-,19+,20-,21+,24+,25-;/m1./s1. The molecule has 0 N–H and O–H groups in total. The van der Waals surface area contributed by atoms with E-state index in [2.05, 4.69) is 34.1 Å². The molecule has 3 heterocycles. The van der Waals surface area contributed by atoms with Crippen molar-refractivity contribution < 1.29 is 9.59 Å². The molecule has 2 aromatic rings. The summed E-state index contributed by atoms with van der Waals surface area (Å²) >= 11 is 1.60. The summed E-state index contributed by atoms with van der Waals surface area (Å²) in [7, 11) is 0. The van der Waals surface area contributed by atoms with Gasteiger partial charge >= 0.3 is 0 Å². The summed E-state index contributed by atoms with van der Waals surface area (Å²) in [4.78, 5) is 33.4. The van der Waals surface area contributed by atoms with E-state index in [9.17, 15) is 9.59 Å². The molecule has 2 aliphatic heterocycles. The largest absolute Gasteiger partial charge is 0.353 e. The first-order chi connectivity index (χ1) is 17.2. The lowest BCUT2D eigenvalue weighted by Crippen LogP contribution is -2.49. The second kappa shape index (κ2) is 9.88. The third kappa shape index (κ3) is 4.06. The zero-order chi connectivity index (χ0) is 23.5. The van der Waals surface area contributed by atoms with Gasteiger partial charge in [0.25, 0.3) is 0 Å². The lowest BCUT2D eigenvalue weighted by molar-refractivity contribution is -0.142. The number of aromatic nitrogens is 1. The molecule has 1 aromatic heterocycles. The van der Waals surface area contributed by atoms with Crippen molar-refractivity contribution in [2.75, 3.05) is 44.2 Å². The SMILES string of the molecule is Cl.O=C1[C@@H]2[C@H]3CC[C@H](C3)[C@@H]2C(=O)N1C[C@@H]1CCCC[C@@H]1CN1CCN(c2nsc3ccccc23)CC1. The molecule has 3 saturated carbocycles. The van der Waals surface area contributed by atoms with E-state index in [4.69, 9.17) is 4.37 Å². The Kier molecular flexibility index (Phi) is 6.76. The highest BCUT2D eigenvalue weighted by Gasteiger charge is 2.61. The van der Waals surface area contributed by atoms with Crippen LogP contribution in [0.3, 0.4) is 0 Å². The number of likely N-dealkylation sites (tertiary alicyclic amines) is 1. The van der Waals surface area contributed by atoms with Gasteiger partial charge in [-0.25, -0.2) is 0 Å². The van der Waals surface area contributed by atoms with Crippen molar-refractivity contribution >= 4 is 51.7 Å². The van der Waals surface area contributed by atoms with Gasteiger partial charge in [-0.15, -0.1) is 12.4 Å². The second-order valence-corrected chi connectivity index (χ2v) is 12.6. The van der Waals surface area contributed by atoms with Crippen LogP contribution in [0.25, 0.3) is 10.1 Å². The first-order valence-corrected chi connectivity index (χ1v) is 14.6. The van der Waals surface area contributed by atoms with Gasteiger partial charge in [-0.2, -0.15) is 4.37 Å². The van der Waals surface area contributed by atoms with E-state index in [1.165, 1.54) is 29.3 Å². The predicted octanol–water partition coefficient (Wildman–Crippen LogP) is 4.68. The summed E-state index contributed by atoms with van der Waals surface area (Å²) in [5, 5.41) is 1.27. The van der Waals surface area contributed by atoms with Gasteiger partial charge in [0.05, 0.1) is 16.5 Å². The smallest absolute Gasteiger partial charge is 0.233 e. The third-order valence-electron chi connectivity index (χ3n) is 10.0. The molecule has 6 nitrogen and oxygen atoms in total. The van der Waals surface area contributed by atoms with Crippen molar-refractivity contribution in [2.45, 2.75) is 44.9 Å². The van der Waals surface area contributed by atoms with Crippen LogP contribution in [0.4, 0.5) is 5.82 Å². The third-order valence-corrected chi connectivity index (χ3v) is 10.8. The average molecular weight is 529 g/mol. The first-order valence-electron chi connectivity index (χ1n) is 13.8. The number of carbonyl (C=O) groups excluding carboxylic acids is 2. The molecular formula is C28H37ClN4O2S. The Bertz CT molecular complexity index is 1100. The van der Waals surface area contributed by atoms with Gasteiger partial charge < -0.3 is 4.90 Å². The monoisotopic (exact) mass is 528 g/mol. The number of benzene rings is 1. The molecule has 7 rings (SSSR count). The zero-order valence-electron chi connectivity index (χ0n) is 20.9. The molecule has 194 valence electrons. The topological polar surface area (TPSA) is 56.8 Å². The van der Waals surface area contributed by atoms with Gasteiger partial charge in [0.1, 0.15) is 5.82 Å². The minimum absolute atomic E-state index is 0. The molecule has 6 atom stereocenters. The Hall–Kier alpha value is -1.70. The zero-order valence-corrected chi connectivity index (χ0v) is 22.5. The first kappa shape index (κ1) is 24.6. The number of halogens is 1. The minimum Gasteiger partial charge on any atom is -0.353 e. The quantitative estimate of drug-likeness (QED) is 0.527. The Morgan fingerprint density at radius 1 is 0.833 bits per heavy atom. The van der Waals surface area contributed by atoms with Gasteiger partial charge in [0.15, 0.2) is 0 Å². The minimum atomic E-state index is 0. The summed E-state index contributed by atoms with van der Waals surface area (Å²) < 4.78 is 6.02. The van der Waals surface area contributed by atoms with E-state index in [-0.39, 0.29) is 36.1 Å². The number of amides is 2. The maximum atomic E-state index is 13.3. The molecule has 36 heavy (non-hydrogen) atoms. The van der Waals surface area contributed by atoms with Crippen LogP contribution in [0.1, 0.15) is 44.9 Å². The summed E-state index contributed by atoms with van der Waals surface area (Å²) in [5.41, 5.74) is 0. The maximum Gasteiger partial charge on any atom is 0.233 e. The number of piperazine rings is 1. The summed E-state index contributed by atoms with van der Waals surface area (Å²) in [6.07, 6.45) is 8.35. The fourth-order valence-corrected chi connectivity index (χ4v) is 9.02. The van der Waals surface area contributed by atoms with Crippen LogP contribution in [0.2, 0.25) is 0 Å². The Labute approximate surface area is 224 Å². The van der Waals surface area contributed by atoms with Gasteiger partial charge in [0, 0.05) is 44.7 Å². The fourth-order valence-electron chi connectivity index (χ4n) is 8.22. The summed E-state index contributed by atoms with van der Waals surface area (Å²) in [6.45, 7) is 5.93. The summed E-state index contributed by atoms with van der Waals surface area (Å²) in [5.74, 6) is 3.59. The predicted molar refractivity (Wildman–Crippen MR) is 145 cm³/mol.